The number of carbonyl (C=O) groups excluding carboxylic acids is 2. The topological polar surface area (TPSA) is 76.7 Å². The molecule has 0 heterocycles. The van der Waals surface area contributed by atoms with Crippen LogP contribution in [0.25, 0.3) is 0 Å². The predicted molar refractivity (Wildman–Crippen MR) is 155 cm³/mol. The van der Waals surface area contributed by atoms with Gasteiger partial charge in [0.25, 0.3) is 0 Å². The third-order valence-corrected chi connectivity index (χ3v) is 11.7. The third kappa shape index (κ3) is 7.87. The highest BCUT2D eigenvalue weighted by atomic mass is 28.4. The second-order valence-electron chi connectivity index (χ2n) is 11.0. The summed E-state index contributed by atoms with van der Waals surface area (Å²) in [5, 5.41) is 6.46. The number of rotatable bonds is 11. The lowest BCUT2D eigenvalue weighted by molar-refractivity contribution is -0.143. The molecule has 1 unspecified atom stereocenters. The second-order valence-corrected chi connectivity index (χ2v) is 15.8. The highest BCUT2D eigenvalue weighted by molar-refractivity contribution is 6.74. The van der Waals surface area contributed by atoms with Crippen molar-refractivity contribution in [2.75, 3.05) is 12.4 Å². The van der Waals surface area contributed by atoms with Gasteiger partial charge in [0.15, 0.2) is 8.32 Å². The number of benzene rings is 3. The fourth-order valence-electron chi connectivity index (χ4n) is 3.80. The molecule has 3 aromatic rings. The van der Waals surface area contributed by atoms with Crippen LogP contribution in [0.2, 0.25) is 18.1 Å². The summed E-state index contributed by atoms with van der Waals surface area (Å²) in [6, 6.07) is 25.3. The Morgan fingerprint density at radius 2 is 1.45 bits per heavy atom. The first-order chi connectivity index (χ1) is 18.0. The van der Waals surface area contributed by atoms with Crippen LogP contribution in [0.4, 0.5) is 5.69 Å². The number of hydrogen-bond donors (Lipinski definition) is 2. The molecule has 0 aliphatic rings. The van der Waals surface area contributed by atoms with E-state index in [1.54, 1.807) is 0 Å². The molecule has 0 bridgehead atoms. The highest BCUT2D eigenvalue weighted by Gasteiger charge is 2.37. The van der Waals surface area contributed by atoms with Gasteiger partial charge in [-0.15, -0.1) is 0 Å². The lowest BCUT2D eigenvalue weighted by atomic mass is 10.0. The molecule has 1 amide bonds. The van der Waals surface area contributed by atoms with E-state index in [-0.39, 0.29) is 10.9 Å². The molecule has 0 aliphatic carbocycles. The number of para-hydroxylation sites is 1. The summed E-state index contributed by atoms with van der Waals surface area (Å²) in [6.45, 7) is 11.5. The summed E-state index contributed by atoms with van der Waals surface area (Å²) in [5.74, 6) is -0.691. The minimum atomic E-state index is -1.98. The number of ether oxygens (including phenoxy) is 1. The number of hydrogen-bond acceptors (Lipinski definition) is 5. The summed E-state index contributed by atoms with van der Waals surface area (Å²) in [6.07, 6.45) is 0.398. The maximum absolute atomic E-state index is 13.7. The molecular formula is C31H40N2O4Si. The normalized spacial score (nSPS) is 13.4. The molecule has 0 spiro atoms. The van der Waals surface area contributed by atoms with Crippen molar-refractivity contribution >= 4 is 25.9 Å². The van der Waals surface area contributed by atoms with Gasteiger partial charge in [-0.3, -0.25) is 10.1 Å². The maximum atomic E-state index is 13.7. The smallest absolute Gasteiger partial charge is 0.327 e. The van der Waals surface area contributed by atoms with E-state index in [2.05, 4.69) is 44.5 Å². The zero-order valence-corrected chi connectivity index (χ0v) is 24.3. The molecule has 2 atom stereocenters. The van der Waals surface area contributed by atoms with Crippen LogP contribution >= 0.6 is 0 Å². The molecule has 0 saturated heterocycles. The maximum Gasteiger partial charge on any atom is 0.327 e. The Labute approximate surface area is 227 Å². The van der Waals surface area contributed by atoms with E-state index in [1.807, 2.05) is 84.9 Å². The summed E-state index contributed by atoms with van der Waals surface area (Å²) in [5.41, 5.74) is 3.32. The Morgan fingerprint density at radius 3 is 2.05 bits per heavy atom. The Morgan fingerprint density at radius 1 is 0.868 bits per heavy atom. The minimum Gasteiger partial charge on any atom is -0.468 e. The number of methoxy groups -OCH3 is 1. The van der Waals surface area contributed by atoms with Crippen LogP contribution < -0.4 is 10.6 Å². The van der Waals surface area contributed by atoms with Crippen molar-refractivity contribution in [1.82, 2.24) is 5.32 Å². The van der Waals surface area contributed by atoms with Crippen molar-refractivity contribution in [1.29, 1.82) is 0 Å². The molecule has 38 heavy (non-hydrogen) atoms. The lowest BCUT2D eigenvalue weighted by Gasteiger charge is -2.36. The van der Waals surface area contributed by atoms with Gasteiger partial charge in [0.05, 0.1) is 19.8 Å². The first kappa shape index (κ1) is 29.3. The molecule has 0 radical (unpaired) electrons. The van der Waals surface area contributed by atoms with Crippen LogP contribution in [-0.4, -0.2) is 33.3 Å². The number of esters is 1. The van der Waals surface area contributed by atoms with Crippen molar-refractivity contribution < 1.29 is 18.8 Å². The van der Waals surface area contributed by atoms with Gasteiger partial charge in [-0.2, -0.15) is 0 Å². The van der Waals surface area contributed by atoms with Gasteiger partial charge in [0, 0.05) is 5.69 Å². The minimum absolute atomic E-state index is 0.0796. The fraction of sp³-hybridized carbons (Fsp3) is 0.355. The van der Waals surface area contributed by atoms with Gasteiger partial charge in [-0.25, -0.2) is 4.79 Å². The highest BCUT2D eigenvalue weighted by Crippen LogP contribution is 2.37. The van der Waals surface area contributed by atoms with Gasteiger partial charge < -0.3 is 14.5 Å². The molecule has 0 aromatic heterocycles. The SMILES string of the molecule is COC(=O)[C@@H](NC(Cc1ccccc1)C(=O)Nc1ccccc1CO[Si](C)(C)C(C)(C)C)c1ccccc1. The van der Waals surface area contributed by atoms with Crippen LogP contribution in [0.15, 0.2) is 84.9 Å². The number of anilines is 1. The van der Waals surface area contributed by atoms with E-state index in [0.29, 0.717) is 18.7 Å². The number of carbonyl (C=O) groups is 2. The van der Waals surface area contributed by atoms with Crippen LogP contribution in [0.1, 0.15) is 43.5 Å². The van der Waals surface area contributed by atoms with E-state index >= 15 is 0 Å². The first-order valence-corrected chi connectivity index (χ1v) is 15.9. The van der Waals surface area contributed by atoms with Crippen molar-refractivity contribution in [2.24, 2.45) is 0 Å². The van der Waals surface area contributed by atoms with Gasteiger partial charge >= 0.3 is 5.97 Å². The number of nitrogens with one attached hydrogen (secondary N) is 2. The first-order valence-electron chi connectivity index (χ1n) is 13.0. The molecule has 6 nitrogen and oxygen atoms in total. The van der Waals surface area contributed by atoms with E-state index < -0.39 is 26.4 Å². The van der Waals surface area contributed by atoms with Crippen LogP contribution in [0.3, 0.4) is 0 Å². The zero-order chi connectivity index (χ0) is 27.8. The van der Waals surface area contributed by atoms with Crippen LogP contribution in [0, 0.1) is 0 Å². The van der Waals surface area contributed by atoms with E-state index in [1.165, 1.54) is 7.11 Å². The Bertz CT molecular complexity index is 1190. The average Bonchev–Trinajstić information content (AvgIpc) is 2.90. The zero-order valence-electron chi connectivity index (χ0n) is 23.3. The number of amides is 1. The van der Waals surface area contributed by atoms with E-state index in [0.717, 1.165) is 16.7 Å². The summed E-state index contributed by atoms with van der Waals surface area (Å²) in [4.78, 5) is 26.5. The molecule has 0 fully saturated rings. The lowest BCUT2D eigenvalue weighted by Crippen LogP contribution is -2.46. The molecule has 0 aliphatic heterocycles. The van der Waals surface area contributed by atoms with Crippen molar-refractivity contribution in [2.45, 2.75) is 64.0 Å². The van der Waals surface area contributed by atoms with Gasteiger partial charge in [0.1, 0.15) is 6.04 Å². The third-order valence-electron chi connectivity index (χ3n) is 7.21. The molecule has 3 rings (SSSR count). The monoisotopic (exact) mass is 532 g/mol. The second kappa shape index (κ2) is 13.0. The molecule has 7 heteroatoms. The predicted octanol–water partition coefficient (Wildman–Crippen LogP) is 6.26. The standard InChI is InChI=1S/C31H40N2O4Si/c1-31(2,3)38(5,6)37-22-25-19-13-14-20-26(25)33-29(34)27(21-23-15-9-7-10-16-23)32-28(30(35)36-4)24-17-11-8-12-18-24/h7-20,27-28,32H,21-22H2,1-6H3,(H,33,34)/t27?,28-/m0/s1. The van der Waals surface area contributed by atoms with Gasteiger partial charge in [0.2, 0.25) is 5.91 Å². The molecular weight excluding hydrogens is 492 g/mol. The Balaban J connectivity index is 1.86. The molecule has 202 valence electrons. The van der Waals surface area contributed by atoms with Crippen molar-refractivity contribution in [3.63, 3.8) is 0 Å². The Hall–Kier alpha value is -3.26. The molecule has 2 N–H and O–H groups in total. The summed E-state index contributed by atoms with van der Waals surface area (Å²) in [7, 11) is -0.624. The van der Waals surface area contributed by atoms with Crippen LogP contribution in [0.5, 0.6) is 0 Å². The fourth-order valence-corrected chi connectivity index (χ4v) is 4.75. The van der Waals surface area contributed by atoms with Gasteiger partial charge in [-0.1, -0.05) is 99.6 Å². The average molecular weight is 533 g/mol. The Kier molecular flexibility index (Phi) is 10.0. The van der Waals surface area contributed by atoms with Crippen molar-refractivity contribution in [3.05, 3.63) is 102 Å². The van der Waals surface area contributed by atoms with Crippen LogP contribution in [-0.2, 0) is 31.8 Å². The summed E-state index contributed by atoms with van der Waals surface area (Å²) < 4.78 is 11.5. The molecule has 3 aromatic carbocycles. The molecule has 0 saturated carbocycles. The quantitative estimate of drug-likeness (QED) is 0.225. The van der Waals surface area contributed by atoms with E-state index in [4.69, 9.17) is 9.16 Å². The van der Waals surface area contributed by atoms with Crippen molar-refractivity contribution in [3.8, 4) is 0 Å². The summed E-state index contributed by atoms with van der Waals surface area (Å²) >= 11 is 0. The largest absolute Gasteiger partial charge is 0.468 e. The van der Waals surface area contributed by atoms with E-state index in [9.17, 15) is 9.59 Å². The van der Waals surface area contributed by atoms with Gasteiger partial charge in [-0.05, 0) is 47.3 Å².